The number of hydrogen-bond donors (Lipinski definition) is 0. The summed E-state index contributed by atoms with van der Waals surface area (Å²) in [6.45, 7) is 17.0. The van der Waals surface area contributed by atoms with Crippen LogP contribution in [0.15, 0.2) is 71.5 Å². The van der Waals surface area contributed by atoms with Crippen LogP contribution in [0.1, 0.15) is 64.3 Å². The SMILES string of the molecule is Cc1cnc(-c2cc(-n3[c-][n+](C)cc3)cc3c2oc2c4ccc(-c5nc(C(C)(C)C)nc(C(C)(C)C)n5)cc4ccc32)cc1C. The largest absolute Gasteiger partial charge is 0.455 e. The van der Waals surface area contributed by atoms with Gasteiger partial charge in [-0.1, -0.05) is 53.7 Å². The molecule has 0 unspecified atom stereocenters. The van der Waals surface area contributed by atoms with Crippen LogP contribution < -0.4 is 4.57 Å². The molecule has 7 nitrogen and oxygen atoms in total. The number of imidazole rings is 1. The minimum atomic E-state index is -0.202. The van der Waals surface area contributed by atoms with Gasteiger partial charge < -0.3 is 13.6 Å². The highest BCUT2D eigenvalue weighted by Crippen LogP contribution is 2.41. The van der Waals surface area contributed by atoms with E-state index in [1.165, 1.54) is 5.56 Å². The van der Waals surface area contributed by atoms with Gasteiger partial charge in [-0.2, -0.15) is 0 Å². The Bertz CT molecular complexity index is 2240. The van der Waals surface area contributed by atoms with Crippen LogP contribution >= 0.6 is 0 Å². The maximum Gasteiger partial charge on any atom is 0.243 e. The van der Waals surface area contributed by atoms with E-state index in [2.05, 4.69) is 110 Å². The molecule has 45 heavy (non-hydrogen) atoms. The van der Waals surface area contributed by atoms with Gasteiger partial charge in [-0.05, 0) is 66.8 Å². The summed E-state index contributed by atoms with van der Waals surface area (Å²) in [6, 6.07) is 17.1. The lowest BCUT2D eigenvalue weighted by Gasteiger charge is -2.22. The van der Waals surface area contributed by atoms with E-state index in [4.69, 9.17) is 24.4 Å². The summed E-state index contributed by atoms with van der Waals surface area (Å²) in [5.74, 6) is 2.28. The van der Waals surface area contributed by atoms with Crippen molar-refractivity contribution < 1.29 is 8.98 Å². The molecular weight excluding hydrogens is 556 g/mol. The topological polar surface area (TPSA) is 73.5 Å². The molecule has 0 saturated heterocycles. The highest BCUT2D eigenvalue weighted by atomic mass is 16.3. The Labute approximate surface area is 263 Å². The Morgan fingerprint density at radius 3 is 2.11 bits per heavy atom. The lowest BCUT2D eigenvalue weighted by Crippen LogP contribution is -2.24. The van der Waals surface area contributed by atoms with Crippen LogP contribution in [-0.2, 0) is 17.9 Å². The predicted molar refractivity (Wildman–Crippen MR) is 179 cm³/mol. The number of rotatable bonds is 3. The van der Waals surface area contributed by atoms with Gasteiger partial charge in [0.05, 0.1) is 18.4 Å². The average Bonchev–Trinajstić information content (AvgIpc) is 3.60. The number of fused-ring (bicyclic) bond motifs is 5. The van der Waals surface area contributed by atoms with Gasteiger partial charge in [0.1, 0.15) is 22.8 Å². The maximum atomic E-state index is 6.78. The van der Waals surface area contributed by atoms with Crippen molar-refractivity contribution >= 4 is 32.7 Å². The first-order chi connectivity index (χ1) is 21.3. The minimum Gasteiger partial charge on any atom is -0.455 e. The van der Waals surface area contributed by atoms with Crippen molar-refractivity contribution in [3.8, 4) is 28.3 Å². The Morgan fingerprint density at radius 2 is 1.47 bits per heavy atom. The summed E-state index contributed by atoms with van der Waals surface area (Å²) < 4.78 is 10.7. The molecule has 0 fully saturated rings. The molecule has 0 bridgehead atoms. The highest BCUT2D eigenvalue weighted by molar-refractivity contribution is 6.17. The van der Waals surface area contributed by atoms with Crippen LogP contribution in [0.5, 0.6) is 0 Å². The van der Waals surface area contributed by atoms with Gasteiger partial charge in [-0.15, -0.1) is 0 Å². The van der Waals surface area contributed by atoms with Gasteiger partial charge in [-0.25, -0.2) is 15.0 Å². The molecule has 226 valence electrons. The molecule has 4 aromatic heterocycles. The van der Waals surface area contributed by atoms with Gasteiger partial charge in [0.25, 0.3) is 0 Å². The standard InChI is InChI=1S/C38H38N6O/c1-22-16-31(39-20-23(22)2)30-19-26(44-15-14-43(9)21-44)18-29-28-13-10-24-17-25(11-12-27(24)32(28)45-33(29)30)34-40-35(37(3,4)5)42-36(41-34)38(6,7)8/h10-20H,1-9H3. The molecule has 7 rings (SSSR count). The van der Waals surface area contributed by atoms with Crippen LogP contribution in [0.25, 0.3) is 61.0 Å². The molecule has 0 saturated carbocycles. The van der Waals surface area contributed by atoms with Crippen molar-refractivity contribution in [1.29, 1.82) is 0 Å². The Morgan fingerprint density at radius 1 is 0.756 bits per heavy atom. The predicted octanol–water partition coefficient (Wildman–Crippen LogP) is 8.28. The fraction of sp³-hybridized carbons (Fsp3) is 0.289. The quantitative estimate of drug-likeness (QED) is 0.152. The molecule has 4 heterocycles. The van der Waals surface area contributed by atoms with Crippen molar-refractivity contribution in [3.05, 3.63) is 96.2 Å². The second-order valence-corrected chi connectivity index (χ2v) is 14.2. The summed E-state index contributed by atoms with van der Waals surface area (Å²) >= 11 is 0. The number of benzene rings is 3. The number of aryl methyl sites for hydroxylation is 3. The van der Waals surface area contributed by atoms with Crippen molar-refractivity contribution in [1.82, 2.24) is 24.5 Å². The second-order valence-electron chi connectivity index (χ2n) is 14.2. The minimum absolute atomic E-state index is 0.202. The molecule has 0 aliphatic rings. The average molecular weight is 595 g/mol. The molecule has 0 aliphatic carbocycles. The van der Waals surface area contributed by atoms with Gasteiger partial charge in [0.15, 0.2) is 5.82 Å². The van der Waals surface area contributed by atoms with Crippen LogP contribution in [-0.4, -0.2) is 24.5 Å². The first-order valence-electron chi connectivity index (χ1n) is 15.4. The number of aromatic nitrogens is 6. The van der Waals surface area contributed by atoms with Crippen molar-refractivity contribution in [2.75, 3.05) is 0 Å². The molecule has 7 heteroatoms. The van der Waals surface area contributed by atoms with Crippen molar-refractivity contribution in [2.24, 2.45) is 7.05 Å². The monoisotopic (exact) mass is 594 g/mol. The zero-order valence-electron chi connectivity index (χ0n) is 27.4. The fourth-order valence-electron chi connectivity index (χ4n) is 5.61. The van der Waals surface area contributed by atoms with Gasteiger partial charge in [0.2, 0.25) is 6.33 Å². The van der Waals surface area contributed by atoms with Gasteiger partial charge in [0, 0.05) is 56.7 Å². The first kappa shape index (κ1) is 28.8. The summed E-state index contributed by atoms with van der Waals surface area (Å²) in [4.78, 5) is 19.5. The summed E-state index contributed by atoms with van der Waals surface area (Å²) in [7, 11) is 1.97. The fourth-order valence-corrected chi connectivity index (χ4v) is 5.61. The summed E-state index contributed by atoms with van der Waals surface area (Å²) in [6.07, 6.45) is 9.27. The van der Waals surface area contributed by atoms with Gasteiger partial charge in [-0.3, -0.25) is 4.98 Å². The van der Waals surface area contributed by atoms with Crippen LogP contribution in [0, 0.1) is 20.2 Å². The zero-order chi connectivity index (χ0) is 31.8. The van der Waals surface area contributed by atoms with E-state index in [1.54, 1.807) is 0 Å². The molecule has 7 aromatic rings. The van der Waals surface area contributed by atoms with E-state index >= 15 is 0 Å². The third-order valence-corrected chi connectivity index (χ3v) is 8.41. The second kappa shape index (κ2) is 10.1. The molecule has 0 amide bonds. The zero-order valence-corrected chi connectivity index (χ0v) is 27.4. The van der Waals surface area contributed by atoms with E-state index in [0.717, 1.165) is 72.4 Å². The van der Waals surface area contributed by atoms with Crippen LogP contribution in [0.2, 0.25) is 0 Å². The van der Waals surface area contributed by atoms with E-state index < -0.39 is 0 Å². The smallest absolute Gasteiger partial charge is 0.243 e. The third-order valence-electron chi connectivity index (χ3n) is 8.41. The van der Waals surface area contributed by atoms with Crippen molar-refractivity contribution in [3.63, 3.8) is 0 Å². The van der Waals surface area contributed by atoms with Crippen LogP contribution in [0.3, 0.4) is 0 Å². The van der Waals surface area contributed by atoms with Crippen molar-refractivity contribution in [2.45, 2.75) is 66.2 Å². The molecule has 0 N–H and O–H groups in total. The lowest BCUT2D eigenvalue weighted by molar-refractivity contribution is -0.674. The number of nitrogens with zero attached hydrogens (tertiary/aromatic N) is 6. The Balaban J connectivity index is 1.45. The van der Waals surface area contributed by atoms with Crippen LogP contribution in [0.4, 0.5) is 0 Å². The molecule has 0 spiro atoms. The van der Waals surface area contributed by atoms with Gasteiger partial charge >= 0.3 is 0 Å². The lowest BCUT2D eigenvalue weighted by atomic mass is 9.93. The molecule has 0 atom stereocenters. The number of hydrogen-bond acceptors (Lipinski definition) is 5. The normalized spacial score (nSPS) is 12.6. The molecule has 0 aliphatic heterocycles. The first-order valence-corrected chi connectivity index (χ1v) is 15.4. The van der Waals surface area contributed by atoms with E-state index in [1.807, 2.05) is 34.8 Å². The number of furan rings is 1. The maximum absolute atomic E-state index is 6.78. The summed E-state index contributed by atoms with van der Waals surface area (Å²) in [5, 5.41) is 4.19. The van der Waals surface area contributed by atoms with E-state index in [0.29, 0.717) is 5.82 Å². The molecule has 0 radical (unpaired) electrons. The molecular formula is C38H38N6O. The molecule has 3 aromatic carbocycles. The Kier molecular flexibility index (Phi) is 6.45. The Hall–Kier alpha value is -4.91. The third kappa shape index (κ3) is 5.06. The highest BCUT2D eigenvalue weighted by Gasteiger charge is 2.26. The number of pyridine rings is 1. The summed E-state index contributed by atoms with van der Waals surface area (Å²) in [5.41, 5.74) is 7.39. The van der Waals surface area contributed by atoms with E-state index in [-0.39, 0.29) is 10.8 Å². The van der Waals surface area contributed by atoms with E-state index in [9.17, 15) is 0 Å².